The van der Waals surface area contributed by atoms with E-state index in [2.05, 4.69) is 11.1 Å². The van der Waals surface area contributed by atoms with Gasteiger partial charge in [-0.15, -0.1) is 0 Å². The van der Waals surface area contributed by atoms with Crippen LogP contribution in [0.1, 0.15) is 29.9 Å². The Hall–Kier alpha value is -2.53. The molecule has 2 aromatic carbocycles. The fraction of sp³-hybridized carbons (Fsp3) is 0.333. The van der Waals surface area contributed by atoms with Crippen LogP contribution in [0.2, 0.25) is 0 Å². The van der Waals surface area contributed by atoms with Crippen LogP contribution >= 0.6 is 0 Å². The van der Waals surface area contributed by atoms with Crippen molar-refractivity contribution in [3.8, 4) is 11.5 Å². The highest BCUT2D eigenvalue weighted by atomic mass is 19.1. The van der Waals surface area contributed by atoms with E-state index in [9.17, 15) is 4.39 Å². The number of H-pyrrole nitrogens is 1. The highest BCUT2D eigenvalue weighted by Crippen LogP contribution is 2.36. The minimum Gasteiger partial charge on any atom is -0.490 e. The number of benzene rings is 2. The summed E-state index contributed by atoms with van der Waals surface area (Å²) >= 11 is 0. The van der Waals surface area contributed by atoms with Crippen LogP contribution in [0.3, 0.4) is 0 Å². The Morgan fingerprint density at radius 1 is 1.23 bits per heavy atom. The number of nitrogens with one attached hydrogen (secondary N) is 1. The average Bonchev–Trinajstić information content (AvgIpc) is 3.28. The lowest BCUT2D eigenvalue weighted by Crippen LogP contribution is -2.11. The summed E-state index contributed by atoms with van der Waals surface area (Å²) in [6.45, 7) is 1.86. The van der Waals surface area contributed by atoms with Crippen LogP contribution in [0.25, 0.3) is 10.9 Å². The van der Waals surface area contributed by atoms with Crippen LogP contribution in [0, 0.1) is 5.82 Å². The van der Waals surface area contributed by atoms with Crippen molar-refractivity contribution < 1.29 is 13.9 Å². The molecule has 1 aliphatic rings. The molecule has 1 aromatic heterocycles. The van der Waals surface area contributed by atoms with Crippen molar-refractivity contribution in [3.05, 3.63) is 59.5 Å². The Morgan fingerprint density at radius 2 is 2.15 bits per heavy atom. The van der Waals surface area contributed by atoms with Crippen LogP contribution < -0.4 is 15.2 Å². The average molecular weight is 354 g/mol. The molecule has 0 aliphatic carbocycles. The van der Waals surface area contributed by atoms with Crippen LogP contribution in [0.5, 0.6) is 11.5 Å². The van der Waals surface area contributed by atoms with Gasteiger partial charge < -0.3 is 20.2 Å². The molecule has 1 unspecified atom stereocenters. The predicted octanol–water partition coefficient (Wildman–Crippen LogP) is 4.14. The number of ether oxygens (including phenoxy) is 2. The molecule has 2 heterocycles. The number of aromatic amines is 1. The van der Waals surface area contributed by atoms with E-state index < -0.39 is 0 Å². The van der Waals surface area contributed by atoms with Gasteiger partial charge in [0.1, 0.15) is 5.82 Å². The van der Waals surface area contributed by atoms with Gasteiger partial charge in [0.15, 0.2) is 11.5 Å². The molecular weight excluding hydrogens is 331 g/mol. The lowest BCUT2D eigenvalue weighted by molar-refractivity contribution is 0.272. The van der Waals surface area contributed by atoms with Gasteiger partial charge in [0.05, 0.1) is 13.2 Å². The van der Waals surface area contributed by atoms with E-state index in [0.717, 1.165) is 47.2 Å². The Kier molecular flexibility index (Phi) is 4.80. The van der Waals surface area contributed by atoms with Gasteiger partial charge in [0.25, 0.3) is 0 Å². The molecule has 0 radical (unpaired) electrons. The minimum absolute atomic E-state index is 0.216. The van der Waals surface area contributed by atoms with Gasteiger partial charge in [-0.25, -0.2) is 4.39 Å². The lowest BCUT2D eigenvalue weighted by atomic mass is 9.92. The van der Waals surface area contributed by atoms with Gasteiger partial charge in [-0.2, -0.15) is 0 Å². The lowest BCUT2D eigenvalue weighted by Gasteiger charge is -2.17. The van der Waals surface area contributed by atoms with Crippen molar-refractivity contribution in [2.24, 2.45) is 5.73 Å². The molecule has 0 spiro atoms. The molecule has 0 bridgehead atoms. The zero-order valence-corrected chi connectivity index (χ0v) is 14.6. The highest BCUT2D eigenvalue weighted by molar-refractivity contribution is 5.83. The van der Waals surface area contributed by atoms with Crippen LogP contribution in [0.4, 0.5) is 4.39 Å². The zero-order chi connectivity index (χ0) is 17.9. The molecule has 3 aromatic rings. The summed E-state index contributed by atoms with van der Waals surface area (Å²) in [4.78, 5) is 3.23. The summed E-state index contributed by atoms with van der Waals surface area (Å²) in [6, 6.07) is 10.9. The smallest absolute Gasteiger partial charge is 0.164 e. The number of aromatic nitrogens is 1. The minimum atomic E-state index is -0.224. The summed E-state index contributed by atoms with van der Waals surface area (Å²) in [5, 5.41) is 0.924. The molecule has 0 amide bonds. The van der Waals surface area contributed by atoms with E-state index in [0.29, 0.717) is 19.8 Å². The second-order valence-electron chi connectivity index (χ2n) is 6.69. The molecule has 1 atom stereocenters. The van der Waals surface area contributed by atoms with Gasteiger partial charge in [-0.1, -0.05) is 12.1 Å². The maximum absolute atomic E-state index is 13.7. The third-order valence-electron chi connectivity index (χ3n) is 5.03. The van der Waals surface area contributed by atoms with Crippen LogP contribution in [-0.2, 0) is 6.42 Å². The summed E-state index contributed by atoms with van der Waals surface area (Å²) < 4.78 is 25.4. The molecule has 26 heavy (non-hydrogen) atoms. The van der Waals surface area contributed by atoms with Gasteiger partial charge in [0, 0.05) is 29.1 Å². The first kappa shape index (κ1) is 16.9. The van der Waals surface area contributed by atoms with Crippen LogP contribution in [-0.4, -0.2) is 24.7 Å². The number of halogens is 1. The van der Waals surface area contributed by atoms with E-state index in [1.165, 1.54) is 11.6 Å². The third kappa shape index (κ3) is 3.27. The molecule has 1 aliphatic heterocycles. The molecule has 3 N–H and O–H groups in total. The Labute approximate surface area is 152 Å². The van der Waals surface area contributed by atoms with Crippen molar-refractivity contribution in [3.63, 3.8) is 0 Å². The number of hydrogen-bond donors (Lipinski definition) is 2. The molecular formula is C21H23FN2O2. The molecule has 4 nitrogen and oxygen atoms in total. The maximum atomic E-state index is 13.7. The Bertz CT molecular complexity index is 906. The van der Waals surface area contributed by atoms with E-state index in [1.807, 2.05) is 18.3 Å². The first-order chi connectivity index (χ1) is 12.8. The first-order valence-corrected chi connectivity index (χ1v) is 9.10. The monoisotopic (exact) mass is 354 g/mol. The topological polar surface area (TPSA) is 60.3 Å². The van der Waals surface area contributed by atoms with Gasteiger partial charge in [0.2, 0.25) is 0 Å². The molecule has 0 saturated carbocycles. The predicted molar refractivity (Wildman–Crippen MR) is 100 cm³/mol. The SMILES string of the molecule is NCCC(CCOc1cccc2c1OCC2)c1c[nH]c2ccc(F)cc12. The largest absolute Gasteiger partial charge is 0.490 e. The number of hydrogen-bond acceptors (Lipinski definition) is 3. The van der Waals surface area contributed by atoms with E-state index in [4.69, 9.17) is 15.2 Å². The van der Waals surface area contributed by atoms with E-state index in [1.54, 1.807) is 12.1 Å². The van der Waals surface area contributed by atoms with Gasteiger partial charge in [-0.3, -0.25) is 0 Å². The normalized spacial score (nSPS) is 14.2. The first-order valence-electron chi connectivity index (χ1n) is 9.10. The van der Waals surface area contributed by atoms with E-state index in [-0.39, 0.29) is 11.7 Å². The van der Waals surface area contributed by atoms with Gasteiger partial charge in [-0.05, 0) is 55.1 Å². The standard InChI is InChI=1S/C21H23FN2O2/c22-16-4-5-19-17(12-16)18(13-24-19)14(6-9-23)7-10-25-20-3-1-2-15-8-11-26-21(15)20/h1-5,12-14,24H,6-11,23H2. The highest BCUT2D eigenvalue weighted by Gasteiger charge is 2.19. The van der Waals surface area contributed by atoms with Crippen molar-refractivity contribution in [2.75, 3.05) is 19.8 Å². The van der Waals surface area contributed by atoms with E-state index >= 15 is 0 Å². The Morgan fingerprint density at radius 3 is 3.04 bits per heavy atom. The fourth-order valence-electron chi connectivity index (χ4n) is 3.72. The Balaban J connectivity index is 1.49. The summed E-state index contributed by atoms with van der Waals surface area (Å²) in [7, 11) is 0. The molecule has 4 rings (SSSR count). The van der Waals surface area contributed by atoms with Crippen molar-refractivity contribution in [2.45, 2.75) is 25.2 Å². The maximum Gasteiger partial charge on any atom is 0.164 e. The van der Waals surface area contributed by atoms with Crippen LogP contribution in [0.15, 0.2) is 42.6 Å². The molecule has 136 valence electrons. The number of fused-ring (bicyclic) bond motifs is 2. The van der Waals surface area contributed by atoms with Crippen molar-refractivity contribution in [1.82, 2.24) is 4.98 Å². The van der Waals surface area contributed by atoms with Crippen molar-refractivity contribution >= 4 is 10.9 Å². The third-order valence-corrected chi connectivity index (χ3v) is 5.03. The fourth-order valence-corrected chi connectivity index (χ4v) is 3.72. The van der Waals surface area contributed by atoms with Gasteiger partial charge >= 0.3 is 0 Å². The summed E-state index contributed by atoms with van der Waals surface area (Å²) in [6.07, 6.45) is 4.54. The molecule has 0 saturated heterocycles. The summed E-state index contributed by atoms with van der Waals surface area (Å²) in [5.41, 5.74) is 9.07. The number of nitrogens with two attached hydrogens (primary N) is 1. The second-order valence-corrected chi connectivity index (χ2v) is 6.69. The van der Waals surface area contributed by atoms with Crippen molar-refractivity contribution in [1.29, 1.82) is 0 Å². The summed E-state index contributed by atoms with van der Waals surface area (Å²) in [5.74, 6) is 1.67. The number of rotatable bonds is 7. The molecule has 0 fully saturated rings. The second kappa shape index (κ2) is 7.38. The zero-order valence-electron chi connectivity index (χ0n) is 14.6. The quantitative estimate of drug-likeness (QED) is 0.670. The molecule has 5 heteroatoms. The number of para-hydroxylation sites is 1.